The summed E-state index contributed by atoms with van der Waals surface area (Å²) in [5.74, 6) is -1.95. The Morgan fingerprint density at radius 1 is 1.10 bits per heavy atom. The second-order valence-corrected chi connectivity index (χ2v) is 3.80. The van der Waals surface area contributed by atoms with Gasteiger partial charge in [-0.1, -0.05) is 0 Å². The molecule has 0 spiro atoms. The van der Waals surface area contributed by atoms with Crippen LogP contribution in [0.2, 0.25) is 0 Å². The van der Waals surface area contributed by atoms with Gasteiger partial charge in [-0.05, 0) is 12.8 Å². The molecule has 2 N–H and O–H groups in total. The third-order valence-corrected chi connectivity index (χ3v) is 1.77. The SMILES string of the molecule is CC(=O)O.CC(=O)O.CO[C@@H]1OCCC[C@@H]1OC(C)=O. The molecular weight excluding hydrogens is 272 g/mol. The van der Waals surface area contributed by atoms with Gasteiger partial charge < -0.3 is 24.4 Å². The summed E-state index contributed by atoms with van der Waals surface area (Å²) in [7, 11) is 1.55. The number of carboxylic acids is 2. The van der Waals surface area contributed by atoms with Crippen LogP contribution in [0.3, 0.4) is 0 Å². The number of ether oxygens (including phenoxy) is 3. The molecule has 118 valence electrons. The number of methoxy groups -OCH3 is 1. The second kappa shape index (κ2) is 12.4. The molecule has 8 heteroatoms. The molecular formula is C12H22O8. The van der Waals surface area contributed by atoms with Gasteiger partial charge in [0.15, 0.2) is 12.4 Å². The molecule has 0 radical (unpaired) electrons. The van der Waals surface area contributed by atoms with Gasteiger partial charge in [0.2, 0.25) is 0 Å². The van der Waals surface area contributed by atoms with Crippen LogP contribution in [0.5, 0.6) is 0 Å². The summed E-state index contributed by atoms with van der Waals surface area (Å²) in [5, 5.41) is 14.8. The number of carbonyl (C=O) groups excluding carboxylic acids is 1. The first kappa shape index (κ1) is 20.6. The highest BCUT2D eigenvalue weighted by atomic mass is 16.7. The number of carbonyl (C=O) groups is 3. The summed E-state index contributed by atoms with van der Waals surface area (Å²) >= 11 is 0. The minimum atomic E-state index is -0.833. The third-order valence-electron chi connectivity index (χ3n) is 1.77. The molecule has 0 aromatic rings. The Kier molecular flexibility index (Phi) is 12.8. The standard InChI is InChI=1S/C8H14O4.2C2H4O2/c1-6(9)12-7-4-3-5-11-8(7)10-2;2*1-2(3)4/h7-8H,3-5H2,1-2H3;2*1H3,(H,3,4)/t7-,8+;;/m0../s1. The van der Waals surface area contributed by atoms with Gasteiger partial charge in [-0.2, -0.15) is 0 Å². The summed E-state index contributed by atoms with van der Waals surface area (Å²) in [6.07, 6.45) is 1.11. The van der Waals surface area contributed by atoms with Crippen molar-refractivity contribution in [1.82, 2.24) is 0 Å². The first-order chi connectivity index (χ1) is 9.20. The van der Waals surface area contributed by atoms with Crippen LogP contribution in [0.15, 0.2) is 0 Å². The van der Waals surface area contributed by atoms with Crippen LogP contribution in [0, 0.1) is 0 Å². The molecule has 1 fully saturated rings. The highest BCUT2D eigenvalue weighted by Crippen LogP contribution is 2.17. The van der Waals surface area contributed by atoms with Crippen LogP contribution in [0.25, 0.3) is 0 Å². The Balaban J connectivity index is 0. The Morgan fingerprint density at radius 2 is 1.55 bits per heavy atom. The van der Waals surface area contributed by atoms with Gasteiger partial charge in [0, 0.05) is 27.9 Å². The normalized spacial score (nSPS) is 20.4. The van der Waals surface area contributed by atoms with Crippen LogP contribution < -0.4 is 0 Å². The Labute approximate surface area is 117 Å². The zero-order valence-corrected chi connectivity index (χ0v) is 12.1. The van der Waals surface area contributed by atoms with E-state index in [-0.39, 0.29) is 18.4 Å². The fraction of sp³-hybridized carbons (Fsp3) is 0.750. The predicted molar refractivity (Wildman–Crippen MR) is 68.2 cm³/mol. The third kappa shape index (κ3) is 16.3. The van der Waals surface area contributed by atoms with Crippen molar-refractivity contribution in [3.05, 3.63) is 0 Å². The van der Waals surface area contributed by atoms with Crippen LogP contribution in [0.1, 0.15) is 33.6 Å². The molecule has 0 saturated carbocycles. The van der Waals surface area contributed by atoms with Crippen molar-refractivity contribution >= 4 is 17.9 Å². The molecule has 0 amide bonds. The fourth-order valence-corrected chi connectivity index (χ4v) is 1.27. The van der Waals surface area contributed by atoms with Crippen LogP contribution in [-0.2, 0) is 28.6 Å². The van der Waals surface area contributed by atoms with Crippen molar-refractivity contribution in [3.63, 3.8) is 0 Å². The van der Waals surface area contributed by atoms with E-state index >= 15 is 0 Å². The monoisotopic (exact) mass is 294 g/mol. The first-order valence-electron chi connectivity index (χ1n) is 5.91. The molecule has 1 rings (SSSR count). The number of rotatable bonds is 2. The van der Waals surface area contributed by atoms with Gasteiger partial charge in [0.05, 0.1) is 6.61 Å². The van der Waals surface area contributed by atoms with E-state index in [0.717, 1.165) is 26.7 Å². The number of carboxylic acid groups (broad SMARTS) is 2. The maximum atomic E-state index is 10.6. The lowest BCUT2D eigenvalue weighted by Gasteiger charge is -2.29. The smallest absolute Gasteiger partial charge is 0.303 e. The van der Waals surface area contributed by atoms with Crippen LogP contribution >= 0.6 is 0 Å². The summed E-state index contributed by atoms with van der Waals surface area (Å²) in [6, 6.07) is 0. The number of hydrogen-bond acceptors (Lipinski definition) is 6. The minimum absolute atomic E-state index is 0.235. The molecule has 2 atom stereocenters. The van der Waals surface area contributed by atoms with Gasteiger partial charge in [0.25, 0.3) is 11.9 Å². The molecule has 0 unspecified atom stereocenters. The van der Waals surface area contributed by atoms with Crippen LogP contribution in [-0.4, -0.2) is 54.2 Å². The van der Waals surface area contributed by atoms with Crippen molar-refractivity contribution in [2.24, 2.45) is 0 Å². The average Bonchev–Trinajstić information content (AvgIpc) is 2.27. The number of aliphatic carboxylic acids is 2. The van der Waals surface area contributed by atoms with Crippen LogP contribution in [0.4, 0.5) is 0 Å². The Bertz CT molecular complexity index is 282. The fourth-order valence-electron chi connectivity index (χ4n) is 1.27. The van der Waals surface area contributed by atoms with E-state index in [9.17, 15) is 4.79 Å². The highest BCUT2D eigenvalue weighted by Gasteiger charge is 2.27. The van der Waals surface area contributed by atoms with Gasteiger partial charge in [-0.15, -0.1) is 0 Å². The molecule has 8 nitrogen and oxygen atoms in total. The molecule has 1 aliphatic rings. The average molecular weight is 294 g/mol. The van der Waals surface area contributed by atoms with Gasteiger partial charge in [0.1, 0.15) is 0 Å². The highest BCUT2D eigenvalue weighted by molar-refractivity contribution is 5.66. The van der Waals surface area contributed by atoms with Crippen molar-refractivity contribution in [2.45, 2.75) is 46.0 Å². The quantitative estimate of drug-likeness (QED) is 0.720. The van der Waals surface area contributed by atoms with E-state index in [4.69, 9.17) is 34.0 Å². The van der Waals surface area contributed by atoms with Gasteiger partial charge in [-0.25, -0.2) is 0 Å². The molecule has 0 aromatic heterocycles. The van der Waals surface area contributed by atoms with E-state index in [1.807, 2.05) is 0 Å². The Hall–Kier alpha value is -1.67. The summed E-state index contributed by atoms with van der Waals surface area (Å²) in [4.78, 5) is 28.6. The molecule has 0 aliphatic carbocycles. The molecule has 1 aliphatic heterocycles. The minimum Gasteiger partial charge on any atom is -0.481 e. The second-order valence-electron chi connectivity index (χ2n) is 3.80. The maximum Gasteiger partial charge on any atom is 0.303 e. The maximum absolute atomic E-state index is 10.6. The molecule has 1 saturated heterocycles. The molecule has 0 aromatic carbocycles. The Morgan fingerprint density at radius 3 is 1.90 bits per heavy atom. The zero-order valence-electron chi connectivity index (χ0n) is 12.1. The van der Waals surface area contributed by atoms with Crippen molar-refractivity contribution in [1.29, 1.82) is 0 Å². The summed E-state index contributed by atoms with van der Waals surface area (Å²) in [5.41, 5.74) is 0. The van der Waals surface area contributed by atoms with Gasteiger partial charge in [-0.3, -0.25) is 14.4 Å². The molecule has 1 heterocycles. The van der Waals surface area contributed by atoms with Gasteiger partial charge >= 0.3 is 5.97 Å². The first-order valence-corrected chi connectivity index (χ1v) is 5.91. The predicted octanol–water partition coefficient (Wildman–Crippen LogP) is 0.883. The topological polar surface area (TPSA) is 119 Å². The number of esters is 1. The molecule has 0 bridgehead atoms. The number of hydrogen-bond donors (Lipinski definition) is 2. The van der Waals surface area contributed by atoms with E-state index in [1.165, 1.54) is 6.92 Å². The van der Waals surface area contributed by atoms with E-state index < -0.39 is 11.9 Å². The van der Waals surface area contributed by atoms with Crippen molar-refractivity contribution < 1.29 is 38.8 Å². The summed E-state index contributed by atoms with van der Waals surface area (Å²) in [6.45, 7) is 4.23. The lowest BCUT2D eigenvalue weighted by molar-refractivity contribution is -0.216. The zero-order chi connectivity index (χ0) is 16.1. The van der Waals surface area contributed by atoms with E-state index in [2.05, 4.69) is 0 Å². The van der Waals surface area contributed by atoms with E-state index in [0.29, 0.717) is 6.61 Å². The van der Waals surface area contributed by atoms with E-state index in [1.54, 1.807) is 7.11 Å². The molecule has 20 heavy (non-hydrogen) atoms. The lowest BCUT2D eigenvalue weighted by atomic mass is 10.1. The van der Waals surface area contributed by atoms with Crippen molar-refractivity contribution in [3.8, 4) is 0 Å². The largest absolute Gasteiger partial charge is 0.481 e. The summed E-state index contributed by atoms with van der Waals surface area (Å²) < 4.78 is 15.3. The van der Waals surface area contributed by atoms with Crippen molar-refractivity contribution in [2.75, 3.05) is 13.7 Å². The lowest BCUT2D eigenvalue weighted by Crippen LogP contribution is -2.38.